The molecule has 0 saturated carbocycles. The maximum absolute atomic E-state index is 11.5. The zero-order chi connectivity index (χ0) is 13.4. The molecule has 5 nitrogen and oxygen atoms in total. The number of carbonyl (C=O) groups is 2. The summed E-state index contributed by atoms with van der Waals surface area (Å²) in [6, 6.07) is 6.62. The molecule has 0 aromatic heterocycles. The highest BCUT2D eigenvalue weighted by molar-refractivity contribution is 5.95. The van der Waals surface area contributed by atoms with E-state index in [0.29, 0.717) is 17.9 Å². The number of benzene rings is 1. The van der Waals surface area contributed by atoms with Crippen LogP contribution in [0.3, 0.4) is 0 Å². The first-order chi connectivity index (χ1) is 8.63. The summed E-state index contributed by atoms with van der Waals surface area (Å²) < 4.78 is 5.45. The SMILES string of the molecule is CCCCOc1ccc(C(=O)NCC(=O)O)cc1. The number of nitrogens with one attached hydrogen (secondary N) is 1. The number of rotatable bonds is 7. The maximum atomic E-state index is 11.5. The number of amides is 1. The van der Waals surface area contributed by atoms with Crippen molar-refractivity contribution in [2.45, 2.75) is 19.8 Å². The average molecular weight is 251 g/mol. The lowest BCUT2D eigenvalue weighted by molar-refractivity contribution is -0.135. The summed E-state index contributed by atoms with van der Waals surface area (Å²) in [5.74, 6) is -0.765. The van der Waals surface area contributed by atoms with Gasteiger partial charge in [-0.15, -0.1) is 0 Å². The Morgan fingerprint density at radius 3 is 2.50 bits per heavy atom. The van der Waals surface area contributed by atoms with Gasteiger partial charge in [-0.3, -0.25) is 9.59 Å². The third-order valence-electron chi connectivity index (χ3n) is 2.28. The monoisotopic (exact) mass is 251 g/mol. The van der Waals surface area contributed by atoms with E-state index in [1.54, 1.807) is 24.3 Å². The van der Waals surface area contributed by atoms with E-state index in [2.05, 4.69) is 12.2 Å². The Labute approximate surface area is 106 Å². The number of unbranched alkanes of at least 4 members (excludes halogenated alkanes) is 1. The number of carboxylic acids is 1. The van der Waals surface area contributed by atoms with Crippen LogP contribution in [-0.2, 0) is 4.79 Å². The molecular formula is C13H17NO4. The van der Waals surface area contributed by atoms with Crippen LogP contribution in [0.4, 0.5) is 0 Å². The summed E-state index contributed by atoms with van der Waals surface area (Å²) in [6.07, 6.45) is 2.05. The predicted octanol–water partition coefficient (Wildman–Crippen LogP) is 1.68. The van der Waals surface area contributed by atoms with Crippen molar-refractivity contribution >= 4 is 11.9 Å². The minimum atomic E-state index is -1.07. The fraction of sp³-hybridized carbons (Fsp3) is 0.385. The van der Waals surface area contributed by atoms with E-state index in [9.17, 15) is 9.59 Å². The van der Waals surface area contributed by atoms with Crippen molar-refractivity contribution in [3.63, 3.8) is 0 Å². The van der Waals surface area contributed by atoms with Gasteiger partial charge in [-0.05, 0) is 30.7 Å². The number of hydrogen-bond acceptors (Lipinski definition) is 3. The molecule has 0 aliphatic carbocycles. The van der Waals surface area contributed by atoms with Crippen molar-refractivity contribution in [3.8, 4) is 5.75 Å². The Bertz CT molecular complexity index is 400. The van der Waals surface area contributed by atoms with Crippen molar-refractivity contribution < 1.29 is 19.4 Å². The summed E-state index contributed by atoms with van der Waals surface area (Å²) in [4.78, 5) is 21.8. The third kappa shape index (κ3) is 4.86. The van der Waals surface area contributed by atoms with Crippen LogP contribution in [0, 0.1) is 0 Å². The maximum Gasteiger partial charge on any atom is 0.322 e. The summed E-state index contributed by atoms with van der Waals surface area (Å²) >= 11 is 0. The molecule has 0 heterocycles. The number of carbonyl (C=O) groups excluding carboxylic acids is 1. The molecule has 0 aliphatic rings. The van der Waals surface area contributed by atoms with Gasteiger partial charge in [0.2, 0.25) is 0 Å². The van der Waals surface area contributed by atoms with Gasteiger partial charge in [-0.25, -0.2) is 0 Å². The summed E-state index contributed by atoms with van der Waals surface area (Å²) in [7, 11) is 0. The van der Waals surface area contributed by atoms with E-state index in [4.69, 9.17) is 9.84 Å². The van der Waals surface area contributed by atoms with Crippen LogP contribution in [0.2, 0.25) is 0 Å². The highest BCUT2D eigenvalue weighted by atomic mass is 16.5. The van der Waals surface area contributed by atoms with E-state index in [1.165, 1.54) is 0 Å². The minimum Gasteiger partial charge on any atom is -0.494 e. The fourth-order valence-corrected chi connectivity index (χ4v) is 1.29. The molecule has 1 aromatic rings. The van der Waals surface area contributed by atoms with Gasteiger partial charge < -0.3 is 15.2 Å². The Morgan fingerprint density at radius 2 is 1.94 bits per heavy atom. The Hall–Kier alpha value is -2.04. The smallest absolute Gasteiger partial charge is 0.322 e. The first kappa shape index (κ1) is 14.0. The highest BCUT2D eigenvalue weighted by Gasteiger charge is 2.06. The van der Waals surface area contributed by atoms with Gasteiger partial charge in [0.25, 0.3) is 5.91 Å². The number of carboxylic acid groups (broad SMARTS) is 1. The second-order valence-corrected chi connectivity index (χ2v) is 3.80. The molecule has 0 bridgehead atoms. The van der Waals surface area contributed by atoms with Crippen LogP contribution in [-0.4, -0.2) is 30.1 Å². The molecule has 18 heavy (non-hydrogen) atoms. The van der Waals surface area contributed by atoms with E-state index in [-0.39, 0.29) is 6.54 Å². The fourth-order valence-electron chi connectivity index (χ4n) is 1.29. The lowest BCUT2D eigenvalue weighted by Crippen LogP contribution is -2.29. The number of ether oxygens (including phenoxy) is 1. The molecule has 0 aliphatic heterocycles. The zero-order valence-electron chi connectivity index (χ0n) is 10.3. The summed E-state index contributed by atoms with van der Waals surface area (Å²) in [6.45, 7) is 2.36. The Kier molecular flexibility index (Phi) is 5.70. The van der Waals surface area contributed by atoms with E-state index in [1.807, 2.05) is 0 Å². The van der Waals surface area contributed by atoms with Crippen molar-refractivity contribution in [1.29, 1.82) is 0 Å². The van der Waals surface area contributed by atoms with Gasteiger partial charge in [-0.1, -0.05) is 13.3 Å². The van der Waals surface area contributed by atoms with E-state index < -0.39 is 11.9 Å². The van der Waals surface area contributed by atoms with Crippen LogP contribution >= 0.6 is 0 Å². The normalized spacial score (nSPS) is 9.83. The van der Waals surface area contributed by atoms with Gasteiger partial charge in [0.1, 0.15) is 12.3 Å². The second kappa shape index (κ2) is 7.32. The third-order valence-corrected chi connectivity index (χ3v) is 2.28. The molecule has 1 aromatic carbocycles. The van der Waals surface area contributed by atoms with Gasteiger partial charge in [0, 0.05) is 5.56 Å². The predicted molar refractivity (Wildman–Crippen MR) is 66.8 cm³/mol. The first-order valence-electron chi connectivity index (χ1n) is 5.86. The van der Waals surface area contributed by atoms with Gasteiger partial charge in [0.15, 0.2) is 0 Å². The molecule has 98 valence electrons. The summed E-state index contributed by atoms with van der Waals surface area (Å²) in [5.41, 5.74) is 0.416. The molecule has 2 N–H and O–H groups in total. The molecule has 0 atom stereocenters. The first-order valence-corrected chi connectivity index (χ1v) is 5.86. The van der Waals surface area contributed by atoms with Gasteiger partial charge >= 0.3 is 5.97 Å². The average Bonchev–Trinajstić information content (AvgIpc) is 2.37. The number of aliphatic carboxylic acids is 1. The quantitative estimate of drug-likeness (QED) is 0.723. The largest absolute Gasteiger partial charge is 0.494 e. The second-order valence-electron chi connectivity index (χ2n) is 3.80. The lowest BCUT2D eigenvalue weighted by atomic mass is 10.2. The molecule has 0 fully saturated rings. The van der Waals surface area contributed by atoms with Crippen LogP contribution in [0.5, 0.6) is 5.75 Å². The molecule has 0 saturated heterocycles. The molecule has 5 heteroatoms. The van der Waals surface area contributed by atoms with E-state index >= 15 is 0 Å². The zero-order valence-corrected chi connectivity index (χ0v) is 10.3. The Balaban J connectivity index is 2.48. The van der Waals surface area contributed by atoms with Crippen LogP contribution in [0.1, 0.15) is 30.1 Å². The van der Waals surface area contributed by atoms with E-state index in [0.717, 1.165) is 12.8 Å². The molecule has 0 radical (unpaired) electrons. The van der Waals surface area contributed by atoms with Crippen molar-refractivity contribution in [2.75, 3.05) is 13.2 Å². The Morgan fingerprint density at radius 1 is 1.28 bits per heavy atom. The molecular weight excluding hydrogens is 234 g/mol. The van der Waals surface area contributed by atoms with Crippen molar-refractivity contribution in [3.05, 3.63) is 29.8 Å². The van der Waals surface area contributed by atoms with Crippen molar-refractivity contribution in [2.24, 2.45) is 0 Å². The lowest BCUT2D eigenvalue weighted by Gasteiger charge is -2.06. The van der Waals surface area contributed by atoms with Crippen LogP contribution in [0.15, 0.2) is 24.3 Å². The van der Waals surface area contributed by atoms with Gasteiger partial charge in [0.05, 0.1) is 6.61 Å². The van der Waals surface area contributed by atoms with Gasteiger partial charge in [-0.2, -0.15) is 0 Å². The molecule has 0 spiro atoms. The van der Waals surface area contributed by atoms with Crippen LogP contribution in [0.25, 0.3) is 0 Å². The topological polar surface area (TPSA) is 75.6 Å². The summed E-state index contributed by atoms with van der Waals surface area (Å²) in [5, 5.41) is 10.7. The molecule has 0 unspecified atom stereocenters. The highest BCUT2D eigenvalue weighted by Crippen LogP contribution is 2.12. The molecule has 1 rings (SSSR count). The minimum absolute atomic E-state index is 0.381. The van der Waals surface area contributed by atoms with Crippen molar-refractivity contribution in [1.82, 2.24) is 5.32 Å². The molecule has 1 amide bonds. The standard InChI is InChI=1S/C13H17NO4/c1-2-3-8-18-11-6-4-10(5-7-11)13(17)14-9-12(15)16/h4-7H,2-3,8-9H2,1H3,(H,14,17)(H,15,16). The van der Waals surface area contributed by atoms with Crippen LogP contribution < -0.4 is 10.1 Å². The number of hydrogen-bond donors (Lipinski definition) is 2.